The van der Waals surface area contributed by atoms with Crippen molar-refractivity contribution in [3.05, 3.63) is 70.1 Å². The number of urea groups is 1. The number of amides is 4. The van der Waals surface area contributed by atoms with Gasteiger partial charge in [0.05, 0.1) is 13.0 Å². The third-order valence-corrected chi connectivity index (χ3v) is 6.50. The molecule has 3 aliphatic heterocycles. The number of nitrogens with zero attached hydrogens (tertiary/aromatic N) is 3. The Bertz CT molecular complexity index is 1100. The highest BCUT2D eigenvalue weighted by Gasteiger charge is 2.41. The Balaban J connectivity index is 1.25. The van der Waals surface area contributed by atoms with E-state index in [1.807, 2.05) is 41.0 Å². The molecule has 0 spiro atoms. The van der Waals surface area contributed by atoms with E-state index in [9.17, 15) is 19.2 Å². The predicted octanol–water partition coefficient (Wildman–Crippen LogP) is 1.30. The van der Waals surface area contributed by atoms with Crippen molar-refractivity contribution in [2.24, 2.45) is 5.92 Å². The predicted molar refractivity (Wildman–Crippen MR) is 112 cm³/mol. The van der Waals surface area contributed by atoms with Crippen molar-refractivity contribution in [3.8, 4) is 0 Å². The summed E-state index contributed by atoms with van der Waals surface area (Å²) in [6, 6.07) is 13.3. The minimum absolute atomic E-state index is 0.00440. The molecule has 0 saturated carbocycles. The molecule has 2 saturated heterocycles. The van der Waals surface area contributed by atoms with Gasteiger partial charge in [0.1, 0.15) is 6.04 Å². The van der Waals surface area contributed by atoms with E-state index < -0.39 is 12.1 Å². The Morgan fingerprint density at radius 2 is 1.77 bits per heavy atom. The molecule has 3 atom stereocenters. The van der Waals surface area contributed by atoms with Gasteiger partial charge in [-0.1, -0.05) is 36.4 Å². The summed E-state index contributed by atoms with van der Waals surface area (Å²) in [7, 11) is 0. The standard InChI is InChI=1S/C23H24N4O4/c28-20-8-4-7-19-17-9-16(13-26(19)20)11-25(14-17)21(29)10-18-22(30)27(23(31)24-18)12-15-5-2-1-3-6-15/h1-8,16-18H,9-14H2,(H,24,31)/t16-,17+,18+/m1/s1. The molecule has 5 rings (SSSR count). The van der Waals surface area contributed by atoms with E-state index >= 15 is 0 Å². The van der Waals surface area contributed by atoms with Crippen molar-refractivity contribution in [1.82, 2.24) is 19.7 Å². The van der Waals surface area contributed by atoms with Crippen LogP contribution in [0.3, 0.4) is 0 Å². The van der Waals surface area contributed by atoms with E-state index in [0.29, 0.717) is 19.6 Å². The van der Waals surface area contributed by atoms with Gasteiger partial charge >= 0.3 is 6.03 Å². The molecule has 160 valence electrons. The number of imide groups is 1. The number of carbonyl (C=O) groups excluding carboxylic acids is 3. The molecular weight excluding hydrogens is 396 g/mol. The lowest BCUT2D eigenvalue weighted by atomic mass is 9.83. The summed E-state index contributed by atoms with van der Waals surface area (Å²) in [6.07, 6.45) is 0.911. The van der Waals surface area contributed by atoms with Crippen LogP contribution in [0.15, 0.2) is 53.3 Å². The number of nitrogens with one attached hydrogen (secondary N) is 1. The van der Waals surface area contributed by atoms with Gasteiger partial charge in [-0.25, -0.2) is 4.79 Å². The zero-order valence-corrected chi connectivity index (χ0v) is 17.1. The van der Waals surface area contributed by atoms with Gasteiger partial charge in [0.25, 0.3) is 11.5 Å². The second-order valence-corrected chi connectivity index (χ2v) is 8.61. The Hall–Kier alpha value is -3.42. The molecule has 0 unspecified atom stereocenters. The molecule has 2 bridgehead atoms. The Morgan fingerprint density at radius 3 is 2.58 bits per heavy atom. The second-order valence-electron chi connectivity index (χ2n) is 8.61. The van der Waals surface area contributed by atoms with Crippen molar-refractivity contribution >= 4 is 17.8 Å². The fraction of sp³-hybridized carbons (Fsp3) is 0.391. The third kappa shape index (κ3) is 3.62. The van der Waals surface area contributed by atoms with Crippen LogP contribution in [0, 0.1) is 5.92 Å². The van der Waals surface area contributed by atoms with E-state index in [1.165, 1.54) is 4.90 Å². The number of likely N-dealkylation sites (tertiary alicyclic amines) is 1. The lowest BCUT2D eigenvalue weighted by Gasteiger charge is -2.43. The van der Waals surface area contributed by atoms with Crippen LogP contribution in [0.4, 0.5) is 4.79 Å². The van der Waals surface area contributed by atoms with Gasteiger partial charge in [-0.2, -0.15) is 0 Å². The van der Waals surface area contributed by atoms with Crippen molar-refractivity contribution in [3.63, 3.8) is 0 Å². The van der Waals surface area contributed by atoms with Gasteiger partial charge in [0, 0.05) is 37.3 Å². The zero-order chi connectivity index (χ0) is 21.5. The summed E-state index contributed by atoms with van der Waals surface area (Å²) >= 11 is 0. The number of hydrogen-bond donors (Lipinski definition) is 1. The molecule has 4 amide bonds. The van der Waals surface area contributed by atoms with Gasteiger partial charge in [-0.05, 0) is 24.0 Å². The molecule has 1 N–H and O–H groups in total. The van der Waals surface area contributed by atoms with Crippen LogP contribution in [-0.2, 0) is 22.7 Å². The van der Waals surface area contributed by atoms with Crippen LogP contribution in [-0.4, -0.2) is 51.3 Å². The highest BCUT2D eigenvalue weighted by Crippen LogP contribution is 2.35. The lowest BCUT2D eigenvalue weighted by molar-refractivity contribution is -0.137. The number of carbonyl (C=O) groups is 3. The van der Waals surface area contributed by atoms with Crippen LogP contribution in [0.2, 0.25) is 0 Å². The third-order valence-electron chi connectivity index (χ3n) is 6.50. The second kappa shape index (κ2) is 7.68. The minimum Gasteiger partial charge on any atom is -0.342 e. The van der Waals surface area contributed by atoms with Gasteiger partial charge in [0.2, 0.25) is 5.91 Å². The van der Waals surface area contributed by atoms with Crippen LogP contribution in [0.25, 0.3) is 0 Å². The summed E-state index contributed by atoms with van der Waals surface area (Å²) in [5.41, 5.74) is 1.83. The first-order valence-corrected chi connectivity index (χ1v) is 10.6. The van der Waals surface area contributed by atoms with E-state index in [1.54, 1.807) is 17.0 Å². The normalized spacial score (nSPS) is 24.7. The van der Waals surface area contributed by atoms with Crippen LogP contribution < -0.4 is 10.9 Å². The maximum Gasteiger partial charge on any atom is 0.325 e. The average Bonchev–Trinajstić information content (AvgIpc) is 3.02. The molecule has 8 heteroatoms. The summed E-state index contributed by atoms with van der Waals surface area (Å²) in [5.74, 6) is -0.162. The van der Waals surface area contributed by atoms with E-state index in [2.05, 4.69) is 5.32 Å². The molecule has 8 nitrogen and oxygen atoms in total. The molecule has 2 fully saturated rings. The fourth-order valence-corrected chi connectivity index (χ4v) is 5.03. The largest absolute Gasteiger partial charge is 0.342 e. The number of aromatic nitrogens is 1. The van der Waals surface area contributed by atoms with E-state index in [4.69, 9.17) is 0 Å². The first-order chi connectivity index (χ1) is 15.0. The monoisotopic (exact) mass is 420 g/mol. The Morgan fingerprint density at radius 1 is 0.968 bits per heavy atom. The van der Waals surface area contributed by atoms with Gasteiger partial charge in [-0.15, -0.1) is 0 Å². The zero-order valence-electron chi connectivity index (χ0n) is 17.1. The maximum atomic E-state index is 13.0. The van der Waals surface area contributed by atoms with Gasteiger partial charge in [0.15, 0.2) is 0 Å². The average molecular weight is 420 g/mol. The molecule has 1 aromatic heterocycles. The molecule has 0 radical (unpaired) electrons. The quantitative estimate of drug-likeness (QED) is 0.755. The smallest absolute Gasteiger partial charge is 0.325 e. The van der Waals surface area contributed by atoms with Crippen molar-refractivity contribution < 1.29 is 14.4 Å². The van der Waals surface area contributed by atoms with Crippen LogP contribution in [0.1, 0.15) is 30.0 Å². The molecule has 2 aromatic rings. The first-order valence-electron chi connectivity index (χ1n) is 10.6. The minimum atomic E-state index is -0.833. The molecule has 31 heavy (non-hydrogen) atoms. The SMILES string of the molecule is O=C(C[C@@H]1NC(=O)N(Cc2ccccc2)C1=O)N1C[C@H]2C[C@@H](C1)c1cccc(=O)n1C2. The number of fused-ring (bicyclic) bond motifs is 4. The molecule has 1 aromatic carbocycles. The van der Waals surface area contributed by atoms with Crippen molar-refractivity contribution in [2.75, 3.05) is 13.1 Å². The van der Waals surface area contributed by atoms with E-state index in [0.717, 1.165) is 17.7 Å². The topological polar surface area (TPSA) is 91.7 Å². The summed E-state index contributed by atoms with van der Waals surface area (Å²) in [5, 5.41) is 2.66. The molecule has 3 aliphatic rings. The number of benzene rings is 1. The summed E-state index contributed by atoms with van der Waals surface area (Å²) < 4.78 is 1.82. The van der Waals surface area contributed by atoms with Crippen molar-refractivity contribution in [2.45, 2.75) is 37.9 Å². The molecule has 0 aliphatic carbocycles. The highest BCUT2D eigenvalue weighted by molar-refractivity contribution is 6.05. The Labute approximate surface area is 179 Å². The number of hydrogen-bond acceptors (Lipinski definition) is 4. The van der Waals surface area contributed by atoms with Crippen molar-refractivity contribution in [1.29, 1.82) is 0 Å². The van der Waals surface area contributed by atoms with Crippen LogP contribution >= 0.6 is 0 Å². The molecule has 4 heterocycles. The van der Waals surface area contributed by atoms with E-state index in [-0.39, 0.29) is 42.2 Å². The van der Waals surface area contributed by atoms with Crippen LogP contribution in [0.5, 0.6) is 0 Å². The summed E-state index contributed by atoms with van der Waals surface area (Å²) in [4.78, 5) is 53.2. The first kappa shape index (κ1) is 19.5. The fourth-order valence-electron chi connectivity index (χ4n) is 5.03. The number of rotatable bonds is 4. The number of piperidine rings is 1. The van der Waals surface area contributed by atoms with Gasteiger partial charge < -0.3 is 14.8 Å². The number of pyridine rings is 1. The molecular formula is C23H24N4O4. The lowest BCUT2D eigenvalue weighted by Crippen LogP contribution is -2.50. The Kier molecular flexibility index (Phi) is 4.84. The van der Waals surface area contributed by atoms with Gasteiger partial charge in [-0.3, -0.25) is 19.3 Å². The summed E-state index contributed by atoms with van der Waals surface area (Å²) in [6.45, 7) is 1.90. The highest BCUT2D eigenvalue weighted by atomic mass is 16.2. The maximum absolute atomic E-state index is 13.0.